The summed E-state index contributed by atoms with van der Waals surface area (Å²) in [6.45, 7) is 8.25. The van der Waals surface area contributed by atoms with Crippen molar-refractivity contribution in [1.29, 1.82) is 0 Å². The molecule has 8 rings (SSSR count). The summed E-state index contributed by atoms with van der Waals surface area (Å²) in [5.41, 5.74) is 12.6. The van der Waals surface area contributed by atoms with Gasteiger partial charge in [0.2, 0.25) is 11.8 Å². The number of benzene rings is 2. The highest BCUT2D eigenvalue weighted by Gasteiger charge is 2.42. The van der Waals surface area contributed by atoms with Crippen molar-refractivity contribution in [2.24, 2.45) is 46.2 Å². The van der Waals surface area contributed by atoms with Crippen LogP contribution in [-0.2, 0) is 19.1 Å². The van der Waals surface area contributed by atoms with Gasteiger partial charge in [0.05, 0.1) is 22.9 Å². The summed E-state index contributed by atoms with van der Waals surface area (Å²) in [6.07, 6.45) is 9.64. The molecule has 14 heteroatoms. The lowest BCUT2D eigenvalue weighted by molar-refractivity contribution is -0.124. The lowest BCUT2D eigenvalue weighted by atomic mass is 9.80. The first-order valence-electron chi connectivity index (χ1n) is 22.1. The molecule has 3 aromatic rings. The van der Waals surface area contributed by atoms with Crippen LogP contribution < -0.4 is 32.3 Å². The number of rotatable bonds is 13. The zero-order chi connectivity index (χ0) is 42.3. The van der Waals surface area contributed by atoms with Crippen LogP contribution in [0.3, 0.4) is 0 Å². The number of nitrogens with zero attached hydrogens (tertiary/aromatic N) is 2. The fourth-order valence-corrected chi connectivity index (χ4v) is 10.5. The average Bonchev–Trinajstić information content (AvgIpc) is 3.69. The second kappa shape index (κ2) is 20.4. The van der Waals surface area contributed by atoms with E-state index in [1.807, 2.05) is 31.2 Å². The van der Waals surface area contributed by atoms with Crippen LogP contribution in [0.4, 0.5) is 17.2 Å². The van der Waals surface area contributed by atoms with Crippen molar-refractivity contribution in [2.75, 3.05) is 68.6 Å². The Kier molecular flexibility index (Phi) is 14.6. The molecule has 0 radical (unpaired) electrons. The number of nitrogens with one attached hydrogen (secondary N) is 5. The molecule has 12 nitrogen and oxygen atoms in total. The van der Waals surface area contributed by atoms with Crippen molar-refractivity contribution < 1.29 is 19.1 Å². The smallest absolute Gasteiger partial charge is 0.229 e. The number of ether oxygens (including phenoxy) is 2. The molecule has 3 saturated heterocycles. The van der Waals surface area contributed by atoms with Crippen molar-refractivity contribution >= 4 is 58.4 Å². The molecule has 5 heterocycles. The summed E-state index contributed by atoms with van der Waals surface area (Å²) >= 11 is 13.5. The molecule has 2 aromatic carbocycles. The number of carbonyl (C=O) groups excluding carboxylic acids is 2. The molecule has 5 aliphatic rings. The summed E-state index contributed by atoms with van der Waals surface area (Å²) in [6, 6.07) is 18.3. The quantitative estimate of drug-likeness (QED) is 0.0960. The van der Waals surface area contributed by atoms with Gasteiger partial charge in [-0.15, -0.1) is 11.6 Å². The van der Waals surface area contributed by atoms with E-state index >= 15 is 0 Å². The van der Waals surface area contributed by atoms with Crippen LogP contribution in [0.1, 0.15) is 63.4 Å². The van der Waals surface area contributed by atoms with E-state index in [0.29, 0.717) is 55.2 Å². The number of carbonyl (C=O) groups is 2. The molecular formula is C47H60Cl2N8O4. The van der Waals surface area contributed by atoms with Crippen molar-refractivity contribution in [3.8, 4) is 11.1 Å². The molecule has 326 valence electrons. The lowest BCUT2D eigenvalue weighted by Crippen LogP contribution is -2.38. The van der Waals surface area contributed by atoms with Gasteiger partial charge >= 0.3 is 0 Å². The highest BCUT2D eigenvalue weighted by atomic mass is 35.5. The number of pyridine rings is 1. The molecule has 8 atom stereocenters. The van der Waals surface area contributed by atoms with E-state index in [1.54, 1.807) is 12.4 Å². The molecule has 1 aromatic heterocycles. The maximum absolute atomic E-state index is 13.9. The number of amides is 2. The van der Waals surface area contributed by atoms with Crippen molar-refractivity contribution in [3.05, 3.63) is 82.8 Å². The van der Waals surface area contributed by atoms with Gasteiger partial charge in [-0.3, -0.25) is 9.59 Å². The third kappa shape index (κ3) is 11.0. The predicted molar refractivity (Wildman–Crippen MR) is 244 cm³/mol. The number of aliphatic imine (C=N–C) groups is 1. The fraction of sp³-hybridized carbons (Fsp3) is 0.532. The topological polar surface area (TPSA) is 164 Å². The Morgan fingerprint density at radius 3 is 2.46 bits per heavy atom. The van der Waals surface area contributed by atoms with Crippen molar-refractivity contribution in [3.63, 3.8) is 0 Å². The largest absolute Gasteiger partial charge is 0.385 e. The summed E-state index contributed by atoms with van der Waals surface area (Å²) in [7, 11) is 0. The number of hydrogen-bond acceptors (Lipinski definition) is 10. The number of nitrogens with two attached hydrogens (primary N) is 1. The Morgan fingerprint density at radius 1 is 0.885 bits per heavy atom. The zero-order valence-corrected chi connectivity index (χ0v) is 36.5. The van der Waals surface area contributed by atoms with Crippen LogP contribution in [-0.4, -0.2) is 87.0 Å². The van der Waals surface area contributed by atoms with Gasteiger partial charge in [0.15, 0.2) is 0 Å². The van der Waals surface area contributed by atoms with Gasteiger partial charge in [-0.2, -0.15) is 0 Å². The molecule has 1 aliphatic carbocycles. The molecule has 0 spiro atoms. The summed E-state index contributed by atoms with van der Waals surface area (Å²) < 4.78 is 11.7. The van der Waals surface area contributed by atoms with Gasteiger partial charge < -0.3 is 41.8 Å². The number of anilines is 3. The monoisotopic (exact) mass is 870 g/mol. The van der Waals surface area contributed by atoms with Crippen LogP contribution >= 0.6 is 23.2 Å². The molecule has 7 N–H and O–H groups in total. The van der Waals surface area contributed by atoms with Crippen LogP contribution in [0, 0.1) is 35.5 Å². The van der Waals surface area contributed by atoms with E-state index in [1.165, 1.54) is 0 Å². The van der Waals surface area contributed by atoms with Gasteiger partial charge in [-0.1, -0.05) is 35.9 Å². The summed E-state index contributed by atoms with van der Waals surface area (Å²) in [4.78, 5) is 35.7. The van der Waals surface area contributed by atoms with Gasteiger partial charge in [0, 0.05) is 86.7 Å². The summed E-state index contributed by atoms with van der Waals surface area (Å²) in [5.74, 6) is 1.93. The molecule has 2 amide bonds. The molecule has 8 unspecified atom stereocenters. The standard InChI is InChI=1S/C47H60Cl2N8O4/c1-28-44(32-6-3-9-37(17-32)52-21-29-10-13-60-14-11-29)41(49)25-55-45(28)57-47(59)34-18-39(42(50)19-34)35-15-30(26-61-27-35)22-53-36-8-2-5-31(16-36)38-20-43(54-24-40(38)48)56-46(58)33-7-4-12-51-23-33/h2-3,5-6,8-9,16-17,20,24-25,29-30,33-35,39,41-42,44,51-53H,4,7,10-15,18-19,21-23,26-27,50H2,1H3,(H,57,59)(H,54,56,58). The van der Waals surface area contributed by atoms with Crippen molar-refractivity contribution in [2.45, 2.75) is 69.2 Å². The highest BCUT2D eigenvalue weighted by Crippen LogP contribution is 2.41. The SMILES string of the molecule is CC1=C(NC(=O)C2CC(N)C(C3COCC(CNc4cccc(-c5cc(NC(=O)C6CCCNC6)ncc5Cl)c4)C3)C2)N=CC(Cl)C1c1cccc(NCC2CCOCC2)c1. The Labute approximate surface area is 369 Å². The second-order valence-corrected chi connectivity index (χ2v) is 18.6. The van der Waals surface area contributed by atoms with Gasteiger partial charge in [-0.05, 0) is 129 Å². The van der Waals surface area contributed by atoms with E-state index < -0.39 is 0 Å². The van der Waals surface area contributed by atoms with Gasteiger partial charge in [0.25, 0.3) is 0 Å². The van der Waals surface area contributed by atoms with Crippen LogP contribution in [0.25, 0.3) is 11.1 Å². The lowest BCUT2D eigenvalue weighted by Gasteiger charge is -2.35. The maximum Gasteiger partial charge on any atom is 0.229 e. The maximum atomic E-state index is 13.9. The number of aromatic nitrogens is 1. The van der Waals surface area contributed by atoms with E-state index in [2.05, 4.69) is 66.9 Å². The van der Waals surface area contributed by atoms with E-state index in [0.717, 1.165) is 98.6 Å². The van der Waals surface area contributed by atoms with Gasteiger partial charge in [-0.25, -0.2) is 9.98 Å². The normalized spacial score (nSPS) is 28.3. The number of alkyl halides is 1. The third-order valence-corrected chi connectivity index (χ3v) is 14.1. The van der Waals surface area contributed by atoms with E-state index in [-0.39, 0.29) is 58.7 Å². The number of hydrogen-bond donors (Lipinski definition) is 6. The molecular weight excluding hydrogens is 811 g/mol. The molecule has 4 aliphatic heterocycles. The minimum Gasteiger partial charge on any atom is -0.385 e. The van der Waals surface area contributed by atoms with Crippen LogP contribution in [0.15, 0.2) is 77.2 Å². The minimum absolute atomic E-state index is 0.0260. The highest BCUT2D eigenvalue weighted by molar-refractivity contribution is 6.33. The molecule has 4 fully saturated rings. The van der Waals surface area contributed by atoms with E-state index in [4.69, 9.17) is 38.4 Å². The number of piperidine rings is 1. The van der Waals surface area contributed by atoms with Crippen LogP contribution in [0.2, 0.25) is 5.02 Å². The Morgan fingerprint density at radius 2 is 1.66 bits per heavy atom. The Hall–Kier alpha value is -4.04. The Bertz CT molecular complexity index is 2070. The first-order chi connectivity index (χ1) is 29.7. The summed E-state index contributed by atoms with van der Waals surface area (Å²) in [5, 5.41) is 16.9. The zero-order valence-electron chi connectivity index (χ0n) is 35.0. The number of allylic oxidation sites excluding steroid dienone is 1. The van der Waals surface area contributed by atoms with E-state index in [9.17, 15) is 9.59 Å². The minimum atomic E-state index is -0.328. The molecule has 0 bridgehead atoms. The van der Waals surface area contributed by atoms with Gasteiger partial charge in [0.1, 0.15) is 11.6 Å². The first kappa shape index (κ1) is 43.6. The molecule has 61 heavy (non-hydrogen) atoms. The first-order valence-corrected chi connectivity index (χ1v) is 23.0. The second-order valence-electron chi connectivity index (χ2n) is 17.7. The predicted octanol–water partition coefficient (Wildman–Crippen LogP) is 7.42. The number of halogens is 2. The average molecular weight is 872 g/mol. The van der Waals surface area contributed by atoms with Crippen LogP contribution in [0.5, 0.6) is 0 Å². The Balaban J connectivity index is 0.844. The third-order valence-electron chi connectivity index (χ3n) is 13.4. The van der Waals surface area contributed by atoms with Crippen molar-refractivity contribution in [1.82, 2.24) is 15.6 Å². The molecule has 1 saturated carbocycles. The fourth-order valence-electron chi connectivity index (χ4n) is 9.90.